The van der Waals surface area contributed by atoms with Gasteiger partial charge in [0.25, 0.3) is 0 Å². The number of para-hydroxylation sites is 2. The standard InChI is InChI=1S/C17H20N2O4/c20-11-17(12-21,13-22)18-16(23)19(14-7-3-1-4-8-14)15-9-5-2-6-10-15/h1-10,20-22H,11-13H2,(H,18,23). The fourth-order valence-electron chi connectivity index (χ4n) is 2.09. The number of amides is 2. The lowest BCUT2D eigenvalue weighted by molar-refractivity contribution is 0.0503. The molecule has 0 radical (unpaired) electrons. The lowest BCUT2D eigenvalue weighted by Gasteiger charge is -2.32. The number of benzene rings is 2. The predicted octanol–water partition coefficient (Wildman–Crippen LogP) is 1.25. The van der Waals surface area contributed by atoms with Crippen molar-refractivity contribution in [2.75, 3.05) is 24.7 Å². The van der Waals surface area contributed by atoms with E-state index in [2.05, 4.69) is 5.32 Å². The quantitative estimate of drug-likeness (QED) is 0.645. The zero-order valence-corrected chi connectivity index (χ0v) is 12.6. The number of hydrogen-bond donors (Lipinski definition) is 4. The molecule has 122 valence electrons. The van der Waals surface area contributed by atoms with E-state index in [0.717, 1.165) is 0 Å². The summed E-state index contributed by atoms with van der Waals surface area (Å²) in [6, 6.07) is 17.4. The van der Waals surface area contributed by atoms with Gasteiger partial charge in [0.15, 0.2) is 0 Å². The molecule has 0 spiro atoms. The van der Waals surface area contributed by atoms with Crippen LogP contribution < -0.4 is 10.2 Å². The van der Waals surface area contributed by atoms with Gasteiger partial charge >= 0.3 is 6.03 Å². The molecular formula is C17H20N2O4. The molecule has 0 bridgehead atoms. The molecule has 4 N–H and O–H groups in total. The van der Waals surface area contributed by atoms with Crippen LogP contribution in [0.5, 0.6) is 0 Å². The summed E-state index contributed by atoms with van der Waals surface area (Å²) in [5.74, 6) is 0. The van der Waals surface area contributed by atoms with Crippen molar-refractivity contribution in [3.8, 4) is 0 Å². The SMILES string of the molecule is O=C(NC(CO)(CO)CO)N(c1ccccc1)c1ccccc1. The Bertz CT molecular complexity index is 567. The van der Waals surface area contributed by atoms with Crippen molar-refractivity contribution in [2.45, 2.75) is 5.54 Å². The Morgan fingerprint density at radius 3 is 1.57 bits per heavy atom. The van der Waals surface area contributed by atoms with Gasteiger partial charge in [-0.3, -0.25) is 4.90 Å². The molecule has 0 fully saturated rings. The largest absolute Gasteiger partial charge is 0.394 e. The number of carbonyl (C=O) groups excluding carboxylic acids is 1. The van der Waals surface area contributed by atoms with Gasteiger partial charge in [0.05, 0.1) is 31.2 Å². The van der Waals surface area contributed by atoms with Gasteiger partial charge in [-0.2, -0.15) is 0 Å². The Hall–Kier alpha value is -2.41. The first kappa shape index (κ1) is 17.0. The average Bonchev–Trinajstić information content (AvgIpc) is 2.62. The Morgan fingerprint density at radius 1 is 0.826 bits per heavy atom. The molecule has 2 aromatic rings. The number of urea groups is 1. The first-order chi connectivity index (χ1) is 11.2. The summed E-state index contributed by atoms with van der Waals surface area (Å²) in [6.07, 6.45) is 0. The number of hydrogen-bond acceptors (Lipinski definition) is 4. The van der Waals surface area contributed by atoms with E-state index in [0.29, 0.717) is 11.4 Å². The van der Waals surface area contributed by atoms with E-state index >= 15 is 0 Å². The first-order valence-corrected chi connectivity index (χ1v) is 7.21. The summed E-state index contributed by atoms with van der Waals surface area (Å²) in [6.45, 7) is -1.74. The lowest BCUT2D eigenvalue weighted by Crippen LogP contribution is -2.59. The van der Waals surface area contributed by atoms with Crippen LogP contribution in [0.1, 0.15) is 0 Å². The molecule has 0 saturated carbocycles. The fraction of sp³-hybridized carbons (Fsp3) is 0.235. The molecular weight excluding hydrogens is 296 g/mol. The summed E-state index contributed by atoms with van der Waals surface area (Å²) in [5, 5.41) is 30.7. The third-order valence-electron chi connectivity index (χ3n) is 3.51. The van der Waals surface area contributed by atoms with Gasteiger partial charge in [-0.25, -0.2) is 4.79 Å². The summed E-state index contributed by atoms with van der Waals surface area (Å²) in [7, 11) is 0. The highest BCUT2D eigenvalue weighted by atomic mass is 16.3. The van der Waals surface area contributed by atoms with Gasteiger partial charge in [-0.05, 0) is 24.3 Å². The normalized spacial score (nSPS) is 11.1. The maximum absolute atomic E-state index is 12.7. The zero-order chi connectivity index (χ0) is 16.7. The van der Waals surface area contributed by atoms with E-state index in [9.17, 15) is 20.1 Å². The first-order valence-electron chi connectivity index (χ1n) is 7.21. The molecule has 0 aromatic heterocycles. The highest BCUT2D eigenvalue weighted by molar-refractivity contribution is 5.99. The summed E-state index contributed by atoms with van der Waals surface area (Å²) < 4.78 is 0. The van der Waals surface area contributed by atoms with Gasteiger partial charge in [-0.1, -0.05) is 36.4 Å². The third-order valence-corrected chi connectivity index (χ3v) is 3.51. The van der Waals surface area contributed by atoms with Crippen LogP contribution in [0.25, 0.3) is 0 Å². The van der Waals surface area contributed by atoms with E-state index < -0.39 is 31.4 Å². The maximum atomic E-state index is 12.7. The molecule has 0 unspecified atom stereocenters. The van der Waals surface area contributed by atoms with E-state index in [1.165, 1.54) is 4.90 Å². The topological polar surface area (TPSA) is 93.0 Å². The number of aliphatic hydroxyl groups is 3. The highest BCUT2D eigenvalue weighted by Gasteiger charge is 2.32. The minimum absolute atomic E-state index is 0.556. The molecule has 0 atom stereocenters. The minimum atomic E-state index is -1.49. The van der Waals surface area contributed by atoms with E-state index in [4.69, 9.17) is 0 Å². The third kappa shape index (κ3) is 3.87. The van der Waals surface area contributed by atoms with Crippen LogP contribution in [0.3, 0.4) is 0 Å². The molecule has 0 saturated heterocycles. The fourth-order valence-corrected chi connectivity index (χ4v) is 2.09. The van der Waals surface area contributed by atoms with Crippen molar-refractivity contribution >= 4 is 17.4 Å². The van der Waals surface area contributed by atoms with Gasteiger partial charge in [0.2, 0.25) is 0 Å². The van der Waals surface area contributed by atoms with Crippen LogP contribution in [-0.2, 0) is 0 Å². The van der Waals surface area contributed by atoms with Crippen LogP contribution in [0.2, 0.25) is 0 Å². The average molecular weight is 316 g/mol. The lowest BCUT2D eigenvalue weighted by atomic mass is 10.0. The van der Waals surface area contributed by atoms with Crippen molar-refractivity contribution in [1.82, 2.24) is 5.32 Å². The number of nitrogens with one attached hydrogen (secondary N) is 1. The number of aliphatic hydroxyl groups excluding tert-OH is 3. The van der Waals surface area contributed by atoms with Crippen LogP contribution in [-0.4, -0.2) is 46.7 Å². The van der Waals surface area contributed by atoms with Crippen molar-refractivity contribution in [3.05, 3.63) is 60.7 Å². The van der Waals surface area contributed by atoms with Crippen molar-refractivity contribution < 1.29 is 20.1 Å². The minimum Gasteiger partial charge on any atom is -0.394 e. The Morgan fingerprint density at radius 2 is 1.22 bits per heavy atom. The Labute approximate surface area is 134 Å². The molecule has 2 rings (SSSR count). The van der Waals surface area contributed by atoms with Crippen LogP contribution in [0.15, 0.2) is 60.7 Å². The van der Waals surface area contributed by atoms with Gasteiger partial charge < -0.3 is 20.6 Å². The van der Waals surface area contributed by atoms with Crippen LogP contribution >= 0.6 is 0 Å². The smallest absolute Gasteiger partial charge is 0.327 e. The Balaban J connectivity index is 2.37. The molecule has 0 aliphatic carbocycles. The maximum Gasteiger partial charge on any atom is 0.327 e. The molecule has 6 nitrogen and oxygen atoms in total. The second-order valence-electron chi connectivity index (χ2n) is 5.19. The van der Waals surface area contributed by atoms with Gasteiger partial charge in [-0.15, -0.1) is 0 Å². The van der Waals surface area contributed by atoms with E-state index in [1.807, 2.05) is 12.1 Å². The molecule has 6 heteroatoms. The molecule has 0 heterocycles. The summed E-state index contributed by atoms with van der Waals surface area (Å²) in [4.78, 5) is 14.1. The predicted molar refractivity (Wildman–Crippen MR) is 87.5 cm³/mol. The zero-order valence-electron chi connectivity index (χ0n) is 12.6. The van der Waals surface area contributed by atoms with Gasteiger partial charge in [0.1, 0.15) is 5.54 Å². The van der Waals surface area contributed by atoms with Crippen molar-refractivity contribution in [3.63, 3.8) is 0 Å². The molecule has 0 aliphatic heterocycles. The highest BCUT2D eigenvalue weighted by Crippen LogP contribution is 2.25. The van der Waals surface area contributed by atoms with E-state index in [-0.39, 0.29) is 0 Å². The number of nitrogens with zero attached hydrogens (tertiary/aromatic N) is 1. The number of anilines is 2. The number of rotatable bonds is 6. The summed E-state index contributed by atoms with van der Waals surface area (Å²) >= 11 is 0. The van der Waals surface area contributed by atoms with Crippen LogP contribution in [0, 0.1) is 0 Å². The second kappa shape index (κ2) is 7.73. The van der Waals surface area contributed by atoms with Crippen molar-refractivity contribution in [2.24, 2.45) is 0 Å². The number of carbonyl (C=O) groups is 1. The summed E-state index contributed by atoms with van der Waals surface area (Å²) in [5.41, 5.74) is -0.239. The van der Waals surface area contributed by atoms with Crippen LogP contribution in [0.4, 0.5) is 16.2 Å². The molecule has 2 amide bonds. The molecule has 0 aliphatic rings. The van der Waals surface area contributed by atoms with Crippen molar-refractivity contribution in [1.29, 1.82) is 0 Å². The van der Waals surface area contributed by atoms with E-state index in [1.54, 1.807) is 48.5 Å². The molecule has 2 aromatic carbocycles. The molecule has 23 heavy (non-hydrogen) atoms. The monoisotopic (exact) mass is 316 g/mol. The second-order valence-corrected chi connectivity index (χ2v) is 5.19. The van der Waals surface area contributed by atoms with Gasteiger partial charge in [0, 0.05) is 0 Å². The Kier molecular flexibility index (Phi) is 5.70.